The molecule has 3 heterocycles. The molecule has 2 aromatic heterocycles. The molecule has 1 fully saturated rings. The Balaban J connectivity index is 1.30. The largest absolute Gasteiger partial charge is 0.355 e. The Morgan fingerprint density at radius 3 is 2.70 bits per heavy atom. The van der Waals surface area contributed by atoms with Gasteiger partial charge >= 0.3 is 0 Å². The number of benzene rings is 2. The van der Waals surface area contributed by atoms with E-state index < -0.39 is 0 Å². The third kappa shape index (κ3) is 5.25. The molecule has 5 rings (SSSR count). The number of rotatable bonds is 6. The van der Waals surface area contributed by atoms with Crippen LogP contribution in [0.1, 0.15) is 36.2 Å². The van der Waals surface area contributed by atoms with Crippen LogP contribution in [0, 0.1) is 6.92 Å². The summed E-state index contributed by atoms with van der Waals surface area (Å²) in [5, 5.41) is 5.29. The van der Waals surface area contributed by atoms with E-state index in [1.807, 2.05) is 30.5 Å². The Morgan fingerprint density at radius 1 is 0.939 bits per heavy atom. The number of anilines is 3. The number of pyridine rings is 1. The van der Waals surface area contributed by atoms with Crippen LogP contribution in [0.25, 0.3) is 10.9 Å². The summed E-state index contributed by atoms with van der Waals surface area (Å²) in [6, 6.07) is 18.5. The second-order valence-electron chi connectivity index (χ2n) is 8.69. The Labute approximate surface area is 199 Å². The highest BCUT2D eigenvalue weighted by Gasteiger charge is 2.14. The fourth-order valence-corrected chi connectivity index (χ4v) is 4.61. The highest BCUT2D eigenvalue weighted by molar-refractivity contribution is 6.31. The molecule has 5 nitrogen and oxygen atoms in total. The van der Waals surface area contributed by atoms with Gasteiger partial charge in [0.2, 0.25) is 5.95 Å². The van der Waals surface area contributed by atoms with Gasteiger partial charge in [-0.2, -0.15) is 0 Å². The molecule has 168 valence electrons. The number of aryl methyl sites for hydroxylation is 3. The lowest BCUT2D eigenvalue weighted by Gasteiger charge is -2.27. The zero-order valence-corrected chi connectivity index (χ0v) is 19.6. The minimum atomic E-state index is 0.692. The van der Waals surface area contributed by atoms with Gasteiger partial charge in [0.1, 0.15) is 0 Å². The molecule has 1 aliphatic heterocycles. The van der Waals surface area contributed by atoms with E-state index in [9.17, 15) is 0 Å². The van der Waals surface area contributed by atoms with Crippen LogP contribution < -0.4 is 10.2 Å². The number of hydrogen-bond acceptors (Lipinski definition) is 5. The molecule has 0 atom stereocenters. The van der Waals surface area contributed by atoms with Gasteiger partial charge in [-0.05, 0) is 87.1 Å². The van der Waals surface area contributed by atoms with E-state index in [1.165, 1.54) is 24.8 Å². The summed E-state index contributed by atoms with van der Waals surface area (Å²) in [6.07, 6.45) is 7.39. The molecule has 6 heteroatoms. The number of halogens is 1. The lowest BCUT2D eigenvalue weighted by atomic mass is 10.1. The van der Waals surface area contributed by atoms with E-state index in [0.29, 0.717) is 5.02 Å². The Morgan fingerprint density at radius 2 is 1.82 bits per heavy atom. The van der Waals surface area contributed by atoms with Crippen molar-refractivity contribution in [3.8, 4) is 0 Å². The summed E-state index contributed by atoms with van der Waals surface area (Å²) in [6.45, 7) is 4.19. The molecule has 4 aromatic rings. The van der Waals surface area contributed by atoms with Gasteiger partial charge < -0.3 is 10.2 Å². The number of aromatic nitrogens is 3. The van der Waals surface area contributed by atoms with Crippen LogP contribution in [-0.4, -0.2) is 28.0 Å². The van der Waals surface area contributed by atoms with Crippen LogP contribution in [0.3, 0.4) is 0 Å². The van der Waals surface area contributed by atoms with Crippen molar-refractivity contribution >= 4 is 39.8 Å². The topological polar surface area (TPSA) is 53.9 Å². The Bertz CT molecular complexity index is 1270. The van der Waals surface area contributed by atoms with Crippen molar-refractivity contribution < 1.29 is 0 Å². The normalized spacial score (nSPS) is 13.9. The zero-order chi connectivity index (χ0) is 22.6. The van der Waals surface area contributed by atoms with Crippen molar-refractivity contribution in [3.05, 3.63) is 82.8 Å². The van der Waals surface area contributed by atoms with Crippen LogP contribution in [0.2, 0.25) is 5.02 Å². The molecular formula is C27H28ClN5. The van der Waals surface area contributed by atoms with Crippen molar-refractivity contribution in [3.63, 3.8) is 0 Å². The molecule has 1 saturated heterocycles. The zero-order valence-electron chi connectivity index (χ0n) is 18.9. The summed E-state index contributed by atoms with van der Waals surface area (Å²) in [5.74, 6) is 0.893. The second kappa shape index (κ2) is 9.75. The average molecular weight is 458 g/mol. The Kier molecular flexibility index (Phi) is 6.40. The monoisotopic (exact) mass is 457 g/mol. The minimum Gasteiger partial charge on any atom is -0.355 e. The number of fused-ring (bicyclic) bond motifs is 1. The number of nitrogens with one attached hydrogen (secondary N) is 1. The number of nitrogens with zero attached hydrogens (tertiary/aromatic N) is 4. The molecule has 1 N–H and O–H groups in total. The highest BCUT2D eigenvalue weighted by Crippen LogP contribution is 2.27. The van der Waals surface area contributed by atoms with Gasteiger partial charge in [-0.1, -0.05) is 23.7 Å². The number of hydrogen-bond donors (Lipinski definition) is 1. The molecule has 0 saturated carbocycles. The maximum atomic E-state index is 6.13. The van der Waals surface area contributed by atoms with Gasteiger partial charge in [-0.3, -0.25) is 4.98 Å². The first-order valence-electron chi connectivity index (χ1n) is 11.6. The lowest BCUT2D eigenvalue weighted by molar-refractivity contribution is 0.566. The molecule has 0 unspecified atom stereocenters. The first kappa shape index (κ1) is 21.7. The molecule has 0 amide bonds. The lowest BCUT2D eigenvalue weighted by Crippen LogP contribution is -2.31. The molecule has 0 radical (unpaired) electrons. The third-order valence-electron chi connectivity index (χ3n) is 6.11. The first-order chi connectivity index (χ1) is 16.1. The molecular weight excluding hydrogens is 430 g/mol. The van der Waals surface area contributed by atoms with Crippen molar-refractivity contribution in [2.75, 3.05) is 23.3 Å². The third-order valence-corrected chi connectivity index (χ3v) is 6.35. The quantitative estimate of drug-likeness (QED) is 0.358. The molecule has 0 bridgehead atoms. The minimum absolute atomic E-state index is 0.692. The summed E-state index contributed by atoms with van der Waals surface area (Å²) in [7, 11) is 0. The molecule has 0 aliphatic carbocycles. The van der Waals surface area contributed by atoms with Crippen molar-refractivity contribution in [2.24, 2.45) is 0 Å². The summed E-state index contributed by atoms with van der Waals surface area (Å²) in [4.78, 5) is 16.3. The van der Waals surface area contributed by atoms with Gasteiger partial charge in [-0.15, -0.1) is 0 Å². The second-order valence-corrected chi connectivity index (χ2v) is 9.13. The van der Waals surface area contributed by atoms with Gasteiger partial charge in [0, 0.05) is 52.5 Å². The van der Waals surface area contributed by atoms with Crippen LogP contribution in [0.15, 0.2) is 60.8 Å². The van der Waals surface area contributed by atoms with Crippen LogP contribution in [0.5, 0.6) is 0 Å². The summed E-state index contributed by atoms with van der Waals surface area (Å²) in [5.41, 5.74) is 6.39. The SMILES string of the molecule is Cc1cc(CCc2cccc(Nc3ccnc4cc(Cl)ccc34)c2)nc(N2CCCCC2)n1. The van der Waals surface area contributed by atoms with Crippen molar-refractivity contribution in [1.82, 2.24) is 15.0 Å². The van der Waals surface area contributed by atoms with Crippen molar-refractivity contribution in [2.45, 2.75) is 39.0 Å². The van der Waals surface area contributed by atoms with E-state index in [2.05, 4.69) is 52.5 Å². The van der Waals surface area contributed by atoms with E-state index in [-0.39, 0.29) is 0 Å². The van der Waals surface area contributed by atoms with Gasteiger partial charge in [0.05, 0.1) is 5.52 Å². The molecule has 2 aromatic carbocycles. The maximum absolute atomic E-state index is 6.13. The molecule has 33 heavy (non-hydrogen) atoms. The van der Waals surface area contributed by atoms with Gasteiger partial charge in [0.15, 0.2) is 0 Å². The molecule has 1 aliphatic rings. The number of piperidine rings is 1. The average Bonchev–Trinajstić information content (AvgIpc) is 2.83. The van der Waals surface area contributed by atoms with Crippen LogP contribution in [-0.2, 0) is 12.8 Å². The van der Waals surface area contributed by atoms with E-state index in [0.717, 1.165) is 65.5 Å². The van der Waals surface area contributed by atoms with Gasteiger partial charge in [0.25, 0.3) is 0 Å². The standard InChI is InChI=1S/C27H28ClN5/c1-19-16-23(32-27(30-19)33-14-3-2-4-15-33)10-8-20-6-5-7-22(17-20)31-25-12-13-29-26-18-21(28)9-11-24(25)26/h5-7,9,11-13,16-18H,2-4,8,10,14-15H2,1H3,(H,29,31). The fraction of sp³-hybridized carbons (Fsp3) is 0.296. The Hall–Kier alpha value is -3.18. The van der Waals surface area contributed by atoms with Gasteiger partial charge in [-0.25, -0.2) is 9.97 Å². The molecule has 0 spiro atoms. The first-order valence-corrected chi connectivity index (χ1v) is 12.0. The predicted octanol–water partition coefficient (Wildman–Crippen LogP) is 6.51. The van der Waals surface area contributed by atoms with E-state index >= 15 is 0 Å². The van der Waals surface area contributed by atoms with E-state index in [1.54, 1.807) is 0 Å². The maximum Gasteiger partial charge on any atom is 0.225 e. The van der Waals surface area contributed by atoms with Crippen LogP contribution in [0.4, 0.5) is 17.3 Å². The van der Waals surface area contributed by atoms with Crippen molar-refractivity contribution in [1.29, 1.82) is 0 Å². The summed E-state index contributed by atoms with van der Waals surface area (Å²) >= 11 is 6.13. The fourth-order valence-electron chi connectivity index (χ4n) is 4.44. The predicted molar refractivity (Wildman–Crippen MR) is 137 cm³/mol. The highest BCUT2D eigenvalue weighted by atomic mass is 35.5. The summed E-state index contributed by atoms with van der Waals surface area (Å²) < 4.78 is 0. The van der Waals surface area contributed by atoms with E-state index in [4.69, 9.17) is 21.6 Å². The smallest absolute Gasteiger partial charge is 0.225 e. The van der Waals surface area contributed by atoms with Crippen LogP contribution >= 0.6 is 11.6 Å².